The minimum Gasteiger partial charge on any atom is -0.507 e. The van der Waals surface area contributed by atoms with E-state index in [0.29, 0.717) is 17.7 Å². The van der Waals surface area contributed by atoms with Crippen molar-refractivity contribution in [2.75, 3.05) is 5.32 Å². The second-order valence-corrected chi connectivity index (χ2v) is 4.29. The fourth-order valence-electron chi connectivity index (χ4n) is 1.64. The van der Waals surface area contributed by atoms with Crippen molar-refractivity contribution in [2.45, 2.75) is 39.7 Å². The second-order valence-electron chi connectivity index (χ2n) is 4.29. The lowest BCUT2D eigenvalue weighted by Gasteiger charge is -2.14. The zero-order valence-corrected chi connectivity index (χ0v) is 10.6. The Balaban J connectivity index is 2.82. The molecule has 1 atom stereocenters. The molecule has 0 aromatic heterocycles. The van der Waals surface area contributed by atoms with Gasteiger partial charge in [0.05, 0.1) is 6.04 Å². The van der Waals surface area contributed by atoms with Gasteiger partial charge in [-0.3, -0.25) is 4.79 Å². The summed E-state index contributed by atoms with van der Waals surface area (Å²) in [5, 5.41) is 12.5. The Labute approximate surface area is 102 Å². The number of hydrogen-bond donors (Lipinski definition) is 3. The fourth-order valence-corrected chi connectivity index (χ4v) is 1.64. The van der Waals surface area contributed by atoms with Gasteiger partial charge < -0.3 is 16.2 Å². The maximum absolute atomic E-state index is 11.7. The van der Waals surface area contributed by atoms with Gasteiger partial charge in [0.25, 0.3) is 0 Å². The molecule has 17 heavy (non-hydrogen) atoms. The third-order valence-corrected chi connectivity index (χ3v) is 2.83. The molecule has 0 saturated heterocycles. The lowest BCUT2D eigenvalue weighted by Crippen LogP contribution is -2.35. The summed E-state index contributed by atoms with van der Waals surface area (Å²) in [5.41, 5.74) is 7.79. The third-order valence-electron chi connectivity index (χ3n) is 2.83. The van der Waals surface area contributed by atoms with E-state index in [1.165, 1.54) is 0 Å². The molecule has 0 aliphatic heterocycles. The van der Waals surface area contributed by atoms with E-state index >= 15 is 0 Å². The van der Waals surface area contributed by atoms with Gasteiger partial charge in [-0.15, -0.1) is 0 Å². The number of aromatic hydroxyl groups is 1. The van der Waals surface area contributed by atoms with E-state index in [4.69, 9.17) is 5.73 Å². The molecule has 0 bridgehead atoms. The Morgan fingerprint density at radius 3 is 2.71 bits per heavy atom. The van der Waals surface area contributed by atoms with Crippen LogP contribution in [-0.4, -0.2) is 17.1 Å². The minimum atomic E-state index is -0.497. The Bertz CT molecular complexity index is 416. The van der Waals surface area contributed by atoms with Crippen molar-refractivity contribution in [1.29, 1.82) is 0 Å². The van der Waals surface area contributed by atoms with E-state index in [1.54, 1.807) is 19.1 Å². The zero-order chi connectivity index (χ0) is 13.0. The van der Waals surface area contributed by atoms with E-state index in [0.717, 1.165) is 12.0 Å². The molecule has 0 heterocycles. The van der Waals surface area contributed by atoms with Gasteiger partial charge in [-0.05, 0) is 31.9 Å². The van der Waals surface area contributed by atoms with Crippen molar-refractivity contribution in [2.24, 2.45) is 5.73 Å². The normalized spacial score (nSPS) is 12.2. The van der Waals surface area contributed by atoms with E-state index in [2.05, 4.69) is 5.32 Å². The van der Waals surface area contributed by atoms with Crippen molar-refractivity contribution >= 4 is 11.6 Å². The molecule has 94 valence electrons. The molecule has 1 aromatic carbocycles. The van der Waals surface area contributed by atoms with E-state index in [9.17, 15) is 9.90 Å². The summed E-state index contributed by atoms with van der Waals surface area (Å²) >= 11 is 0. The van der Waals surface area contributed by atoms with Crippen LogP contribution < -0.4 is 11.1 Å². The zero-order valence-electron chi connectivity index (χ0n) is 10.6. The van der Waals surface area contributed by atoms with Gasteiger partial charge in [0, 0.05) is 11.3 Å². The molecule has 1 aromatic rings. The first kappa shape index (κ1) is 13.5. The maximum atomic E-state index is 11.7. The van der Waals surface area contributed by atoms with Crippen LogP contribution in [0.15, 0.2) is 12.1 Å². The molecule has 4 nitrogen and oxygen atoms in total. The Morgan fingerprint density at radius 1 is 1.47 bits per heavy atom. The molecule has 0 radical (unpaired) electrons. The SMILES string of the molecule is CCC[C@@H](N)C(=O)Nc1ccc(C)c(O)c1C. The minimum absolute atomic E-state index is 0.210. The van der Waals surface area contributed by atoms with Crippen LogP contribution in [0, 0.1) is 13.8 Å². The predicted molar refractivity (Wildman–Crippen MR) is 69.1 cm³/mol. The number of amides is 1. The van der Waals surface area contributed by atoms with Crippen LogP contribution in [0.25, 0.3) is 0 Å². The summed E-state index contributed by atoms with van der Waals surface area (Å²) in [6, 6.07) is 3.05. The number of phenols is 1. The average molecular weight is 236 g/mol. The topological polar surface area (TPSA) is 75.4 Å². The van der Waals surface area contributed by atoms with Crippen molar-refractivity contribution in [3.63, 3.8) is 0 Å². The number of carbonyl (C=O) groups is 1. The number of anilines is 1. The van der Waals surface area contributed by atoms with Crippen LogP contribution in [0.4, 0.5) is 5.69 Å². The van der Waals surface area contributed by atoms with Gasteiger partial charge in [-0.25, -0.2) is 0 Å². The van der Waals surface area contributed by atoms with Crippen molar-refractivity contribution in [1.82, 2.24) is 0 Å². The molecular formula is C13H20N2O2. The predicted octanol–water partition coefficient (Wildman–Crippen LogP) is 2.07. The highest BCUT2D eigenvalue weighted by molar-refractivity contribution is 5.95. The Kier molecular flexibility index (Phi) is 4.52. The number of phenolic OH excluding ortho intramolecular Hbond substituents is 1. The lowest BCUT2D eigenvalue weighted by atomic mass is 10.1. The van der Waals surface area contributed by atoms with Crippen LogP contribution >= 0.6 is 0 Å². The largest absolute Gasteiger partial charge is 0.507 e. The number of carbonyl (C=O) groups excluding carboxylic acids is 1. The average Bonchev–Trinajstić information content (AvgIpc) is 2.30. The first-order valence-corrected chi connectivity index (χ1v) is 5.83. The first-order valence-electron chi connectivity index (χ1n) is 5.83. The summed E-state index contributed by atoms with van der Waals surface area (Å²) in [6.45, 7) is 5.57. The standard InChI is InChI=1S/C13H20N2O2/c1-4-5-10(14)13(17)15-11-7-6-8(2)12(16)9(11)3/h6-7,10,16H,4-5,14H2,1-3H3,(H,15,17)/t10-/m1/s1. The summed E-state index contributed by atoms with van der Waals surface area (Å²) in [5.74, 6) is 0.00469. The smallest absolute Gasteiger partial charge is 0.241 e. The molecule has 0 unspecified atom stereocenters. The van der Waals surface area contributed by atoms with E-state index in [1.807, 2.05) is 13.8 Å². The lowest BCUT2D eigenvalue weighted by molar-refractivity contribution is -0.117. The van der Waals surface area contributed by atoms with E-state index in [-0.39, 0.29) is 11.7 Å². The van der Waals surface area contributed by atoms with Crippen LogP contribution in [0.3, 0.4) is 0 Å². The van der Waals surface area contributed by atoms with Crippen LogP contribution in [-0.2, 0) is 4.79 Å². The van der Waals surface area contributed by atoms with Gasteiger partial charge in [-0.1, -0.05) is 19.4 Å². The van der Waals surface area contributed by atoms with Crippen molar-refractivity contribution < 1.29 is 9.90 Å². The number of benzene rings is 1. The highest BCUT2D eigenvalue weighted by atomic mass is 16.3. The second kappa shape index (κ2) is 5.68. The molecule has 4 N–H and O–H groups in total. The van der Waals surface area contributed by atoms with Crippen molar-refractivity contribution in [3.05, 3.63) is 23.3 Å². The highest BCUT2D eigenvalue weighted by Gasteiger charge is 2.14. The van der Waals surface area contributed by atoms with Gasteiger partial charge in [0.1, 0.15) is 5.75 Å². The Hall–Kier alpha value is -1.55. The number of nitrogens with two attached hydrogens (primary N) is 1. The molecule has 0 spiro atoms. The monoisotopic (exact) mass is 236 g/mol. The van der Waals surface area contributed by atoms with Gasteiger partial charge >= 0.3 is 0 Å². The van der Waals surface area contributed by atoms with Crippen LogP contribution in [0.5, 0.6) is 5.75 Å². The summed E-state index contributed by atoms with van der Waals surface area (Å²) in [4.78, 5) is 11.7. The highest BCUT2D eigenvalue weighted by Crippen LogP contribution is 2.28. The summed E-state index contributed by atoms with van der Waals surface area (Å²) < 4.78 is 0. The number of nitrogens with one attached hydrogen (secondary N) is 1. The molecule has 0 fully saturated rings. The number of aryl methyl sites for hydroxylation is 1. The summed E-state index contributed by atoms with van der Waals surface area (Å²) in [6.07, 6.45) is 1.52. The molecule has 1 rings (SSSR count). The van der Waals surface area contributed by atoms with Crippen LogP contribution in [0.2, 0.25) is 0 Å². The number of hydrogen-bond acceptors (Lipinski definition) is 3. The number of rotatable bonds is 4. The molecule has 0 saturated carbocycles. The van der Waals surface area contributed by atoms with Gasteiger partial charge in [-0.2, -0.15) is 0 Å². The molecule has 0 aliphatic carbocycles. The first-order chi connectivity index (χ1) is 7.97. The summed E-state index contributed by atoms with van der Waals surface area (Å²) in [7, 11) is 0. The molecule has 0 aliphatic rings. The molecule has 1 amide bonds. The van der Waals surface area contributed by atoms with Gasteiger partial charge in [0.15, 0.2) is 0 Å². The molecule has 4 heteroatoms. The van der Waals surface area contributed by atoms with E-state index < -0.39 is 6.04 Å². The van der Waals surface area contributed by atoms with Crippen LogP contribution in [0.1, 0.15) is 30.9 Å². The van der Waals surface area contributed by atoms with Crippen molar-refractivity contribution in [3.8, 4) is 5.75 Å². The third kappa shape index (κ3) is 3.20. The Morgan fingerprint density at radius 2 is 2.12 bits per heavy atom. The quantitative estimate of drug-likeness (QED) is 0.749. The molecular weight excluding hydrogens is 216 g/mol. The van der Waals surface area contributed by atoms with Gasteiger partial charge in [0.2, 0.25) is 5.91 Å². The fraction of sp³-hybridized carbons (Fsp3) is 0.462. The maximum Gasteiger partial charge on any atom is 0.241 e.